The van der Waals surface area contributed by atoms with Crippen LogP contribution in [0.3, 0.4) is 0 Å². The molecule has 1 aliphatic heterocycles. The van der Waals surface area contributed by atoms with E-state index in [1.165, 1.54) is 0 Å². The Balaban J connectivity index is 2.53. The Kier molecular flexibility index (Phi) is 4.28. The molecule has 2 N–H and O–H groups in total. The number of carboxylic acids is 1. The first-order chi connectivity index (χ1) is 7.56. The summed E-state index contributed by atoms with van der Waals surface area (Å²) in [5, 5.41) is 11.5. The van der Waals surface area contributed by atoms with Crippen LogP contribution in [-0.2, 0) is 14.4 Å². The Morgan fingerprint density at radius 3 is 2.81 bits per heavy atom. The number of carbonyl (C=O) groups excluding carboxylic acids is 2. The predicted molar refractivity (Wildman–Crippen MR) is 55.7 cm³/mol. The van der Waals surface area contributed by atoms with Gasteiger partial charge in [-0.15, -0.1) is 0 Å². The fraction of sp³-hybridized carbons (Fsp3) is 0.700. The van der Waals surface area contributed by atoms with Crippen molar-refractivity contribution >= 4 is 17.8 Å². The lowest BCUT2D eigenvalue weighted by molar-refractivity contribution is -0.147. The highest BCUT2D eigenvalue weighted by molar-refractivity contribution is 5.91. The van der Waals surface area contributed by atoms with Crippen LogP contribution >= 0.6 is 0 Å². The molecule has 90 valence electrons. The van der Waals surface area contributed by atoms with Crippen molar-refractivity contribution in [1.82, 2.24) is 10.2 Å². The molecule has 0 aromatic carbocycles. The van der Waals surface area contributed by atoms with Gasteiger partial charge in [0.15, 0.2) is 0 Å². The van der Waals surface area contributed by atoms with Crippen molar-refractivity contribution in [2.75, 3.05) is 13.1 Å². The first-order valence-electron chi connectivity index (χ1n) is 5.35. The number of aliphatic carboxylic acids is 1. The fourth-order valence-electron chi connectivity index (χ4n) is 1.66. The molecular weight excluding hydrogens is 212 g/mol. The van der Waals surface area contributed by atoms with Crippen molar-refractivity contribution in [3.05, 3.63) is 0 Å². The van der Waals surface area contributed by atoms with Gasteiger partial charge in [0.25, 0.3) is 0 Å². The summed E-state index contributed by atoms with van der Waals surface area (Å²) >= 11 is 0. The number of carboxylic acid groups (broad SMARTS) is 1. The van der Waals surface area contributed by atoms with E-state index < -0.39 is 12.0 Å². The first kappa shape index (κ1) is 12.5. The maximum atomic E-state index is 11.4. The van der Waals surface area contributed by atoms with Gasteiger partial charge in [0.1, 0.15) is 12.6 Å². The van der Waals surface area contributed by atoms with E-state index >= 15 is 0 Å². The molecule has 1 heterocycles. The molecule has 6 nitrogen and oxygen atoms in total. The van der Waals surface area contributed by atoms with Crippen molar-refractivity contribution in [2.45, 2.75) is 32.2 Å². The second kappa shape index (κ2) is 5.48. The smallest absolute Gasteiger partial charge is 0.326 e. The molecule has 16 heavy (non-hydrogen) atoms. The molecule has 0 spiro atoms. The number of nitrogens with zero attached hydrogens (tertiary/aromatic N) is 1. The quantitative estimate of drug-likeness (QED) is 0.669. The van der Waals surface area contributed by atoms with Gasteiger partial charge < -0.3 is 15.3 Å². The Labute approximate surface area is 93.6 Å². The van der Waals surface area contributed by atoms with Crippen molar-refractivity contribution < 1.29 is 19.5 Å². The molecule has 6 heteroatoms. The normalized spacial score (nSPS) is 19.9. The SMILES string of the molecule is CCCNC(=O)CN1C(=O)CCC1C(=O)O. The average molecular weight is 228 g/mol. The van der Waals surface area contributed by atoms with E-state index in [1.54, 1.807) is 0 Å². The topological polar surface area (TPSA) is 86.7 Å². The summed E-state index contributed by atoms with van der Waals surface area (Å²) in [7, 11) is 0. The number of hydrogen-bond acceptors (Lipinski definition) is 3. The molecule has 0 bridgehead atoms. The van der Waals surface area contributed by atoms with Gasteiger partial charge in [-0.25, -0.2) is 4.79 Å². The number of nitrogens with one attached hydrogen (secondary N) is 1. The highest BCUT2D eigenvalue weighted by atomic mass is 16.4. The lowest BCUT2D eigenvalue weighted by atomic mass is 10.2. The van der Waals surface area contributed by atoms with Gasteiger partial charge >= 0.3 is 5.97 Å². The van der Waals surface area contributed by atoms with Crippen LogP contribution in [0.1, 0.15) is 26.2 Å². The van der Waals surface area contributed by atoms with E-state index in [-0.39, 0.29) is 31.2 Å². The van der Waals surface area contributed by atoms with Crippen molar-refractivity contribution in [2.24, 2.45) is 0 Å². The molecule has 1 saturated heterocycles. The minimum Gasteiger partial charge on any atom is -0.480 e. The number of hydrogen-bond donors (Lipinski definition) is 2. The van der Waals surface area contributed by atoms with E-state index in [2.05, 4.69) is 5.32 Å². The van der Waals surface area contributed by atoms with Gasteiger partial charge in [0.05, 0.1) is 0 Å². The van der Waals surface area contributed by atoms with Crippen LogP contribution in [0.5, 0.6) is 0 Å². The summed E-state index contributed by atoms with van der Waals surface area (Å²) in [6.07, 6.45) is 1.30. The minimum atomic E-state index is -1.05. The van der Waals surface area contributed by atoms with Gasteiger partial charge in [0.2, 0.25) is 11.8 Å². The van der Waals surface area contributed by atoms with E-state index in [0.717, 1.165) is 11.3 Å². The molecule has 1 unspecified atom stereocenters. The fourth-order valence-corrected chi connectivity index (χ4v) is 1.66. The maximum absolute atomic E-state index is 11.4. The summed E-state index contributed by atoms with van der Waals surface area (Å²) in [4.78, 5) is 34.7. The van der Waals surface area contributed by atoms with E-state index in [4.69, 9.17) is 5.11 Å². The van der Waals surface area contributed by atoms with Crippen LogP contribution in [0.4, 0.5) is 0 Å². The number of amides is 2. The highest BCUT2D eigenvalue weighted by Crippen LogP contribution is 2.18. The Hall–Kier alpha value is -1.59. The second-order valence-corrected chi connectivity index (χ2v) is 3.76. The third-order valence-electron chi connectivity index (χ3n) is 2.50. The zero-order valence-electron chi connectivity index (χ0n) is 9.23. The Morgan fingerprint density at radius 1 is 1.56 bits per heavy atom. The number of carbonyl (C=O) groups is 3. The predicted octanol–water partition coefficient (Wildman–Crippen LogP) is -0.412. The van der Waals surface area contributed by atoms with Crippen molar-refractivity contribution in [1.29, 1.82) is 0 Å². The van der Waals surface area contributed by atoms with Crippen LogP contribution in [-0.4, -0.2) is 46.9 Å². The molecule has 1 aliphatic rings. The summed E-state index contributed by atoms with van der Waals surface area (Å²) in [5.41, 5.74) is 0. The summed E-state index contributed by atoms with van der Waals surface area (Å²) in [6.45, 7) is 2.30. The molecule has 1 atom stereocenters. The third-order valence-corrected chi connectivity index (χ3v) is 2.50. The molecule has 0 aromatic rings. The van der Waals surface area contributed by atoms with E-state index in [9.17, 15) is 14.4 Å². The van der Waals surface area contributed by atoms with Crippen LogP contribution in [0.2, 0.25) is 0 Å². The van der Waals surface area contributed by atoms with Gasteiger partial charge in [-0.1, -0.05) is 6.92 Å². The molecular formula is C10H16N2O4. The molecule has 0 saturated carbocycles. The van der Waals surface area contributed by atoms with Gasteiger partial charge in [-0.05, 0) is 12.8 Å². The number of rotatable bonds is 5. The summed E-state index contributed by atoms with van der Waals surface area (Å²) in [5.74, 6) is -1.61. The molecule has 0 aromatic heterocycles. The lowest BCUT2D eigenvalue weighted by Gasteiger charge is -2.20. The monoisotopic (exact) mass is 228 g/mol. The molecule has 0 radical (unpaired) electrons. The van der Waals surface area contributed by atoms with Crippen LogP contribution in [0, 0.1) is 0 Å². The van der Waals surface area contributed by atoms with E-state index in [0.29, 0.717) is 6.54 Å². The van der Waals surface area contributed by atoms with Crippen molar-refractivity contribution in [3.8, 4) is 0 Å². The summed E-state index contributed by atoms with van der Waals surface area (Å²) < 4.78 is 0. The van der Waals surface area contributed by atoms with Gasteiger partial charge in [0, 0.05) is 13.0 Å². The highest BCUT2D eigenvalue weighted by Gasteiger charge is 2.36. The standard InChI is InChI=1S/C10H16N2O4/c1-2-5-11-8(13)6-12-7(10(15)16)3-4-9(12)14/h7H,2-6H2,1H3,(H,11,13)(H,15,16). The molecule has 1 fully saturated rings. The zero-order valence-corrected chi connectivity index (χ0v) is 9.23. The average Bonchev–Trinajstić information content (AvgIpc) is 2.58. The molecule has 1 rings (SSSR count). The van der Waals surface area contributed by atoms with Gasteiger partial charge in [-0.2, -0.15) is 0 Å². The van der Waals surface area contributed by atoms with Crippen LogP contribution in [0.25, 0.3) is 0 Å². The Morgan fingerprint density at radius 2 is 2.25 bits per heavy atom. The lowest BCUT2D eigenvalue weighted by Crippen LogP contribution is -2.45. The van der Waals surface area contributed by atoms with Crippen LogP contribution < -0.4 is 5.32 Å². The minimum absolute atomic E-state index is 0.157. The number of likely N-dealkylation sites (tertiary alicyclic amines) is 1. The molecule has 0 aliphatic carbocycles. The maximum Gasteiger partial charge on any atom is 0.326 e. The first-order valence-corrected chi connectivity index (χ1v) is 5.35. The zero-order chi connectivity index (χ0) is 12.1. The Bertz CT molecular complexity index is 303. The van der Waals surface area contributed by atoms with Gasteiger partial charge in [-0.3, -0.25) is 9.59 Å². The second-order valence-electron chi connectivity index (χ2n) is 3.76. The molecule has 2 amide bonds. The third kappa shape index (κ3) is 2.95. The summed E-state index contributed by atoms with van der Waals surface area (Å²) in [6, 6.07) is -0.847. The van der Waals surface area contributed by atoms with Crippen LogP contribution in [0.15, 0.2) is 0 Å². The van der Waals surface area contributed by atoms with E-state index in [1.807, 2.05) is 6.92 Å². The largest absolute Gasteiger partial charge is 0.480 e. The van der Waals surface area contributed by atoms with Crippen molar-refractivity contribution in [3.63, 3.8) is 0 Å².